The number of aliphatic hydroxyl groups excluding tert-OH is 1. The number of nitrogens with zero attached hydrogens (tertiary/aromatic N) is 2. The Morgan fingerprint density at radius 1 is 1.43 bits per heavy atom. The maximum atomic E-state index is 9.76. The van der Waals surface area contributed by atoms with E-state index >= 15 is 0 Å². The number of anilines is 2. The minimum atomic E-state index is -1.17. The number of aromatic nitrogens is 3. The van der Waals surface area contributed by atoms with Crippen LogP contribution in [0.1, 0.15) is 26.6 Å². The molecule has 0 fully saturated rings. The minimum Gasteiger partial charge on any atom is -0.398 e. The zero-order valence-electron chi connectivity index (χ0n) is 13.1. The van der Waals surface area contributed by atoms with Gasteiger partial charge in [-0.05, 0) is 39.0 Å². The van der Waals surface area contributed by atoms with Crippen molar-refractivity contribution in [2.24, 2.45) is 0 Å². The maximum absolute atomic E-state index is 9.76. The van der Waals surface area contributed by atoms with Crippen molar-refractivity contribution in [2.45, 2.75) is 43.4 Å². The van der Waals surface area contributed by atoms with Gasteiger partial charge in [0.1, 0.15) is 5.82 Å². The molecule has 0 saturated heterocycles. The van der Waals surface area contributed by atoms with Gasteiger partial charge in [0.2, 0.25) is 12.4 Å². The Labute approximate surface area is 144 Å². The SMILES string of the molecule is CC(C)(C)OC(O)Nc1nnc(CSc2ccc(Cl)cc2N)[nH]1. The van der Waals surface area contributed by atoms with E-state index in [1.807, 2.05) is 26.8 Å². The summed E-state index contributed by atoms with van der Waals surface area (Å²) in [6.07, 6.45) is -1.17. The predicted molar refractivity (Wildman–Crippen MR) is 92.3 cm³/mol. The van der Waals surface area contributed by atoms with Crippen LogP contribution >= 0.6 is 23.4 Å². The van der Waals surface area contributed by atoms with E-state index in [0.717, 1.165) is 4.90 Å². The van der Waals surface area contributed by atoms with Crippen molar-refractivity contribution in [1.29, 1.82) is 0 Å². The fourth-order valence-corrected chi connectivity index (χ4v) is 2.70. The van der Waals surface area contributed by atoms with Gasteiger partial charge in [-0.25, -0.2) is 0 Å². The fraction of sp³-hybridized carbons (Fsp3) is 0.429. The second-order valence-electron chi connectivity index (χ2n) is 5.82. The Bertz CT molecular complexity index is 659. The summed E-state index contributed by atoms with van der Waals surface area (Å²) in [5.41, 5.74) is 6.05. The molecule has 1 aromatic heterocycles. The Hall–Kier alpha value is -1.48. The Balaban J connectivity index is 1.89. The molecule has 1 atom stereocenters. The quantitative estimate of drug-likeness (QED) is 0.357. The highest BCUT2D eigenvalue weighted by Gasteiger charge is 2.17. The number of rotatable bonds is 6. The first-order valence-electron chi connectivity index (χ1n) is 6.95. The van der Waals surface area contributed by atoms with Crippen LogP contribution in [-0.4, -0.2) is 32.3 Å². The first kappa shape index (κ1) is 17.9. The largest absolute Gasteiger partial charge is 0.398 e. The third-order valence-corrected chi connectivity index (χ3v) is 3.93. The van der Waals surface area contributed by atoms with E-state index in [1.54, 1.807) is 12.1 Å². The minimum absolute atomic E-state index is 0.335. The van der Waals surface area contributed by atoms with Crippen LogP contribution in [0.5, 0.6) is 0 Å². The summed E-state index contributed by atoms with van der Waals surface area (Å²) in [5, 5.41) is 21.0. The molecule has 2 rings (SSSR count). The topological polar surface area (TPSA) is 109 Å². The van der Waals surface area contributed by atoms with Crippen LogP contribution in [0.4, 0.5) is 11.6 Å². The number of nitrogens with two attached hydrogens (primary N) is 1. The van der Waals surface area contributed by atoms with Crippen LogP contribution in [-0.2, 0) is 10.5 Å². The van der Waals surface area contributed by atoms with Crippen molar-refractivity contribution < 1.29 is 9.84 Å². The zero-order valence-corrected chi connectivity index (χ0v) is 14.7. The van der Waals surface area contributed by atoms with E-state index in [4.69, 9.17) is 22.1 Å². The molecule has 0 saturated carbocycles. The van der Waals surface area contributed by atoms with Gasteiger partial charge in [-0.2, -0.15) is 0 Å². The van der Waals surface area contributed by atoms with E-state index in [2.05, 4.69) is 20.5 Å². The van der Waals surface area contributed by atoms with Gasteiger partial charge in [-0.15, -0.1) is 22.0 Å². The summed E-state index contributed by atoms with van der Waals surface area (Å²) in [6.45, 7) is 5.53. The van der Waals surface area contributed by atoms with E-state index in [1.165, 1.54) is 11.8 Å². The van der Waals surface area contributed by atoms with Crippen LogP contribution < -0.4 is 11.1 Å². The molecule has 0 aliphatic heterocycles. The second kappa shape index (κ2) is 7.39. The number of thioether (sulfide) groups is 1. The van der Waals surface area contributed by atoms with Gasteiger partial charge in [-0.3, -0.25) is 0 Å². The third kappa shape index (κ3) is 5.91. The summed E-state index contributed by atoms with van der Waals surface area (Å²) >= 11 is 7.38. The Morgan fingerprint density at radius 3 is 2.83 bits per heavy atom. The fourth-order valence-electron chi connectivity index (χ4n) is 1.71. The van der Waals surface area contributed by atoms with E-state index < -0.39 is 12.0 Å². The van der Waals surface area contributed by atoms with Crippen molar-refractivity contribution in [1.82, 2.24) is 15.2 Å². The molecule has 0 aliphatic rings. The van der Waals surface area contributed by atoms with Crippen LogP contribution in [0.25, 0.3) is 0 Å². The Kier molecular flexibility index (Phi) is 5.74. The summed E-state index contributed by atoms with van der Waals surface area (Å²) in [4.78, 5) is 3.88. The molecule has 9 heteroatoms. The number of H-pyrrole nitrogens is 1. The summed E-state index contributed by atoms with van der Waals surface area (Å²) < 4.78 is 5.33. The number of hydrogen-bond donors (Lipinski definition) is 4. The molecule has 1 aromatic carbocycles. The van der Waals surface area contributed by atoms with E-state index in [-0.39, 0.29) is 0 Å². The summed E-state index contributed by atoms with van der Waals surface area (Å²) in [7, 11) is 0. The molecule has 2 aromatic rings. The lowest BCUT2D eigenvalue weighted by atomic mass is 10.2. The predicted octanol–water partition coefficient (Wildman–Crippen LogP) is 2.84. The number of hydrogen-bond acceptors (Lipinski definition) is 7. The molecule has 0 bridgehead atoms. The van der Waals surface area contributed by atoms with Crippen molar-refractivity contribution in [2.75, 3.05) is 11.1 Å². The highest BCUT2D eigenvalue weighted by Crippen LogP contribution is 2.29. The number of nitrogen functional groups attached to an aromatic ring is 1. The van der Waals surface area contributed by atoms with Gasteiger partial charge in [0.15, 0.2) is 0 Å². The van der Waals surface area contributed by atoms with Crippen LogP contribution in [0.3, 0.4) is 0 Å². The number of aliphatic hydroxyl groups is 1. The maximum Gasteiger partial charge on any atom is 0.238 e. The first-order chi connectivity index (χ1) is 10.7. The molecule has 126 valence electrons. The van der Waals surface area contributed by atoms with Crippen molar-refractivity contribution in [3.63, 3.8) is 0 Å². The van der Waals surface area contributed by atoms with Crippen molar-refractivity contribution >= 4 is 35.0 Å². The molecule has 1 unspecified atom stereocenters. The second-order valence-corrected chi connectivity index (χ2v) is 7.27. The molecule has 7 nitrogen and oxygen atoms in total. The number of halogens is 1. The number of nitrogens with one attached hydrogen (secondary N) is 2. The molecule has 0 amide bonds. The summed E-state index contributed by atoms with van der Waals surface area (Å²) in [5.74, 6) is 1.53. The average Bonchev–Trinajstić information content (AvgIpc) is 2.83. The molecule has 5 N–H and O–H groups in total. The van der Waals surface area contributed by atoms with Gasteiger partial charge >= 0.3 is 0 Å². The van der Waals surface area contributed by atoms with Crippen LogP contribution in [0, 0.1) is 0 Å². The van der Waals surface area contributed by atoms with Gasteiger partial charge in [-0.1, -0.05) is 11.6 Å². The molecule has 0 aliphatic carbocycles. The molecule has 0 spiro atoms. The number of ether oxygens (including phenoxy) is 1. The van der Waals surface area contributed by atoms with Gasteiger partial charge in [0.05, 0.1) is 11.4 Å². The van der Waals surface area contributed by atoms with Crippen molar-refractivity contribution in [3.8, 4) is 0 Å². The normalized spacial score (nSPS) is 13.1. The smallest absolute Gasteiger partial charge is 0.238 e. The van der Waals surface area contributed by atoms with Gasteiger partial charge in [0.25, 0.3) is 0 Å². The lowest BCUT2D eigenvalue weighted by Crippen LogP contribution is -2.32. The van der Waals surface area contributed by atoms with E-state index in [9.17, 15) is 5.11 Å². The Morgan fingerprint density at radius 2 is 2.17 bits per heavy atom. The number of benzene rings is 1. The molecule has 1 heterocycles. The van der Waals surface area contributed by atoms with E-state index in [0.29, 0.717) is 28.2 Å². The lowest BCUT2D eigenvalue weighted by molar-refractivity contribution is -0.149. The standard InChI is InChI=1S/C14H20ClN5O2S/c1-14(2,3)22-13(21)18-12-17-11(19-20-12)7-23-10-5-4-8(15)6-9(10)16/h4-6,13,21H,7,16H2,1-3H3,(H2,17,18,19,20). The highest BCUT2D eigenvalue weighted by atomic mass is 35.5. The molecule has 0 radical (unpaired) electrons. The lowest BCUT2D eigenvalue weighted by Gasteiger charge is -2.23. The molecule has 23 heavy (non-hydrogen) atoms. The molecular weight excluding hydrogens is 338 g/mol. The van der Waals surface area contributed by atoms with Gasteiger partial charge in [0, 0.05) is 15.6 Å². The average molecular weight is 358 g/mol. The van der Waals surface area contributed by atoms with Gasteiger partial charge < -0.3 is 25.9 Å². The van der Waals surface area contributed by atoms with Crippen molar-refractivity contribution in [3.05, 3.63) is 29.0 Å². The summed E-state index contributed by atoms with van der Waals surface area (Å²) in [6, 6.07) is 5.35. The zero-order chi connectivity index (χ0) is 17.0. The number of aromatic amines is 1. The van der Waals surface area contributed by atoms with Crippen LogP contribution in [0.2, 0.25) is 5.02 Å². The monoisotopic (exact) mass is 357 g/mol. The highest BCUT2D eigenvalue weighted by molar-refractivity contribution is 7.98. The third-order valence-electron chi connectivity index (χ3n) is 2.60. The first-order valence-corrected chi connectivity index (χ1v) is 8.31. The molecular formula is C14H20ClN5O2S. The van der Waals surface area contributed by atoms with Crippen LogP contribution in [0.15, 0.2) is 23.1 Å².